The molecule has 0 spiro atoms. The molecule has 4 aromatic rings. The smallest absolute Gasteiger partial charge is 0.257 e. The average molecular weight is 389 g/mol. The molecule has 6 nitrogen and oxygen atoms in total. The van der Waals surface area contributed by atoms with Gasteiger partial charge in [0.25, 0.3) is 5.91 Å². The summed E-state index contributed by atoms with van der Waals surface area (Å²) >= 11 is 0. The van der Waals surface area contributed by atoms with Crippen molar-refractivity contribution in [1.29, 1.82) is 0 Å². The summed E-state index contributed by atoms with van der Waals surface area (Å²) in [6.45, 7) is 2.39. The van der Waals surface area contributed by atoms with Crippen molar-refractivity contribution in [3.05, 3.63) is 83.8 Å². The number of rotatable bonds is 5. The Bertz CT molecular complexity index is 1160. The number of hydrogen-bond acceptors (Lipinski definition) is 4. The van der Waals surface area contributed by atoms with Gasteiger partial charge in [-0.3, -0.25) is 9.78 Å². The van der Waals surface area contributed by atoms with Crippen LogP contribution in [0.5, 0.6) is 0 Å². The molecule has 0 aliphatic rings. The van der Waals surface area contributed by atoms with Gasteiger partial charge < -0.3 is 4.90 Å². The number of carbonyl (C=O) groups is 1. The van der Waals surface area contributed by atoms with Gasteiger partial charge in [-0.1, -0.05) is 18.2 Å². The minimum absolute atomic E-state index is 0.119. The monoisotopic (exact) mass is 389 g/mol. The Morgan fingerprint density at radius 2 is 1.90 bits per heavy atom. The Hall–Kier alpha value is -3.61. The molecule has 146 valence electrons. The lowest BCUT2D eigenvalue weighted by atomic mass is 10.1. The van der Waals surface area contributed by atoms with E-state index in [-0.39, 0.29) is 11.7 Å². The molecule has 0 fully saturated rings. The number of aromatic nitrogens is 4. The largest absolute Gasteiger partial charge is 0.341 e. The van der Waals surface area contributed by atoms with Crippen LogP contribution in [0.2, 0.25) is 0 Å². The Balaban J connectivity index is 1.58. The molecule has 0 saturated heterocycles. The van der Waals surface area contributed by atoms with Gasteiger partial charge in [0.1, 0.15) is 5.82 Å². The molecule has 4 rings (SSSR count). The van der Waals surface area contributed by atoms with E-state index in [2.05, 4.69) is 15.1 Å². The molecule has 3 heterocycles. The zero-order chi connectivity index (χ0) is 20.4. The minimum atomic E-state index is -0.295. The van der Waals surface area contributed by atoms with Crippen LogP contribution in [-0.4, -0.2) is 44.0 Å². The van der Waals surface area contributed by atoms with Crippen molar-refractivity contribution in [2.75, 3.05) is 13.6 Å². The third-order valence-electron chi connectivity index (χ3n) is 4.93. The summed E-state index contributed by atoms with van der Waals surface area (Å²) < 4.78 is 14.9. The maximum Gasteiger partial charge on any atom is 0.257 e. The van der Waals surface area contributed by atoms with Crippen LogP contribution in [0.1, 0.15) is 21.7 Å². The van der Waals surface area contributed by atoms with Gasteiger partial charge in [0.05, 0.1) is 17.5 Å². The van der Waals surface area contributed by atoms with E-state index < -0.39 is 0 Å². The predicted molar refractivity (Wildman–Crippen MR) is 108 cm³/mol. The number of halogens is 1. The molecule has 1 amide bonds. The maximum atomic E-state index is 13.2. The second-order valence-corrected chi connectivity index (χ2v) is 6.86. The zero-order valence-electron chi connectivity index (χ0n) is 16.2. The third kappa shape index (κ3) is 3.71. The Kier molecular flexibility index (Phi) is 5.03. The van der Waals surface area contributed by atoms with Crippen LogP contribution in [0, 0.1) is 12.7 Å². The number of pyridine rings is 1. The van der Waals surface area contributed by atoms with Crippen LogP contribution in [-0.2, 0) is 6.42 Å². The van der Waals surface area contributed by atoms with Crippen molar-refractivity contribution < 1.29 is 9.18 Å². The molecule has 0 radical (unpaired) electrons. The van der Waals surface area contributed by atoms with E-state index in [1.54, 1.807) is 47.2 Å². The van der Waals surface area contributed by atoms with Gasteiger partial charge in [-0.15, -0.1) is 0 Å². The predicted octanol–water partition coefficient (Wildman–Crippen LogP) is 3.55. The molecular weight excluding hydrogens is 369 g/mol. The molecule has 0 bridgehead atoms. The van der Waals surface area contributed by atoms with Gasteiger partial charge >= 0.3 is 0 Å². The van der Waals surface area contributed by atoms with Gasteiger partial charge in [-0.25, -0.2) is 13.9 Å². The summed E-state index contributed by atoms with van der Waals surface area (Å²) in [5.41, 5.74) is 4.37. The molecule has 3 aromatic heterocycles. The van der Waals surface area contributed by atoms with Gasteiger partial charge in [0.2, 0.25) is 0 Å². The summed E-state index contributed by atoms with van der Waals surface area (Å²) in [5.74, 6) is -0.414. The molecule has 7 heteroatoms. The van der Waals surface area contributed by atoms with E-state index in [4.69, 9.17) is 0 Å². The van der Waals surface area contributed by atoms with Crippen molar-refractivity contribution in [2.45, 2.75) is 13.3 Å². The number of hydrogen-bond donors (Lipinski definition) is 0. The van der Waals surface area contributed by atoms with Crippen LogP contribution in [0.15, 0.2) is 61.1 Å². The normalized spacial score (nSPS) is 11.0. The summed E-state index contributed by atoms with van der Waals surface area (Å²) in [4.78, 5) is 23.3. The Morgan fingerprint density at radius 1 is 1.10 bits per heavy atom. The highest BCUT2D eigenvalue weighted by molar-refractivity contribution is 5.95. The number of likely N-dealkylation sites (N-methyl/N-ethyl adjacent to an activating group) is 1. The van der Waals surface area contributed by atoms with Gasteiger partial charge in [-0.05, 0) is 36.8 Å². The van der Waals surface area contributed by atoms with Crippen molar-refractivity contribution in [3.63, 3.8) is 0 Å². The molecule has 0 N–H and O–H groups in total. The third-order valence-corrected chi connectivity index (χ3v) is 4.93. The average Bonchev–Trinajstić information content (AvgIpc) is 3.18. The molecule has 0 aliphatic carbocycles. The number of aryl methyl sites for hydroxylation is 1. The number of amides is 1. The van der Waals surface area contributed by atoms with Crippen molar-refractivity contribution >= 4 is 11.6 Å². The Labute approximate surface area is 167 Å². The molecule has 0 atom stereocenters. The quantitative estimate of drug-likeness (QED) is 0.524. The summed E-state index contributed by atoms with van der Waals surface area (Å²) in [6, 6.07) is 11.9. The highest BCUT2D eigenvalue weighted by atomic mass is 19.1. The van der Waals surface area contributed by atoms with Crippen molar-refractivity contribution in [3.8, 4) is 11.1 Å². The minimum Gasteiger partial charge on any atom is -0.341 e. The van der Waals surface area contributed by atoms with E-state index in [0.29, 0.717) is 29.9 Å². The standard InChI is InChI=1S/C22H20FN5O/c1-15-19(22(29)27(2)12-10-18-5-3-4-11-24-18)13-25-21-20(14-26-28(15)21)16-6-8-17(23)9-7-16/h3-9,11,13-14H,10,12H2,1-2H3. The molecule has 29 heavy (non-hydrogen) atoms. The first-order valence-electron chi connectivity index (χ1n) is 9.29. The SMILES string of the molecule is Cc1c(C(=O)N(C)CCc2ccccn2)cnc2c(-c3ccc(F)cc3)cnn12. The topological polar surface area (TPSA) is 63.4 Å². The first-order chi connectivity index (χ1) is 14.0. The van der Waals surface area contributed by atoms with Gasteiger partial charge in [0.15, 0.2) is 5.65 Å². The lowest BCUT2D eigenvalue weighted by Gasteiger charge is -2.18. The zero-order valence-corrected chi connectivity index (χ0v) is 16.2. The second-order valence-electron chi connectivity index (χ2n) is 6.86. The number of nitrogens with zero attached hydrogens (tertiary/aromatic N) is 5. The fourth-order valence-corrected chi connectivity index (χ4v) is 3.22. The number of benzene rings is 1. The summed E-state index contributed by atoms with van der Waals surface area (Å²) in [5, 5.41) is 4.39. The second kappa shape index (κ2) is 7.79. The summed E-state index contributed by atoms with van der Waals surface area (Å²) in [6.07, 6.45) is 5.68. The highest BCUT2D eigenvalue weighted by Gasteiger charge is 2.19. The van der Waals surface area contributed by atoms with E-state index in [1.807, 2.05) is 25.1 Å². The van der Waals surface area contributed by atoms with Crippen LogP contribution in [0.4, 0.5) is 4.39 Å². The molecular formula is C22H20FN5O. The number of fused-ring (bicyclic) bond motifs is 1. The molecule has 0 saturated carbocycles. The van der Waals surface area contributed by atoms with E-state index in [0.717, 1.165) is 16.8 Å². The highest BCUT2D eigenvalue weighted by Crippen LogP contribution is 2.25. The van der Waals surface area contributed by atoms with Crippen molar-refractivity contribution in [1.82, 2.24) is 24.5 Å². The first kappa shape index (κ1) is 18.7. The first-order valence-corrected chi connectivity index (χ1v) is 9.29. The maximum absolute atomic E-state index is 13.2. The van der Waals surface area contributed by atoms with Crippen LogP contribution < -0.4 is 0 Å². The van der Waals surface area contributed by atoms with Gasteiger partial charge in [0, 0.05) is 43.7 Å². The molecule has 1 aromatic carbocycles. The fraction of sp³-hybridized carbons (Fsp3) is 0.182. The van der Waals surface area contributed by atoms with Crippen LogP contribution in [0.3, 0.4) is 0 Å². The van der Waals surface area contributed by atoms with E-state index in [9.17, 15) is 9.18 Å². The lowest BCUT2D eigenvalue weighted by Crippen LogP contribution is -2.30. The van der Waals surface area contributed by atoms with E-state index >= 15 is 0 Å². The molecule has 0 aliphatic heterocycles. The van der Waals surface area contributed by atoms with Gasteiger partial charge in [-0.2, -0.15) is 5.10 Å². The fourth-order valence-electron chi connectivity index (χ4n) is 3.22. The Morgan fingerprint density at radius 3 is 2.62 bits per heavy atom. The van der Waals surface area contributed by atoms with Crippen LogP contribution in [0.25, 0.3) is 16.8 Å². The van der Waals surface area contributed by atoms with Crippen molar-refractivity contribution in [2.24, 2.45) is 0 Å². The lowest BCUT2D eigenvalue weighted by molar-refractivity contribution is 0.0794. The summed E-state index contributed by atoms with van der Waals surface area (Å²) in [7, 11) is 1.77. The van der Waals surface area contributed by atoms with Crippen LogP contribution >= 0.6 is 0 Å². The number of carbonyl (C=O) groups excluding carboxylic acids is 1. The molecule has 0 unspecified atom stereocenters. The van der Waals surface area contributed by atoms with E-state index in [1.165, 1.54) is 12.1 Å².